The number of nitrogens with one attached hydrogen (secondary N) is 1. The molecule has 8 nitrogen and oxygen atoms in total. The lowest BCUT2D eigenvalue weighted by Gasteiger charge is -2.17. The Morgan fingerprint density at radius 3 is 2.77 bits per heavy atom. The zero-order valence-electron chi connectivity index (χ0n) is 12.7. The van der Waals surface area contributed by atoms with Crippen molar-refractivity contribution in [2.75, 3.05) is 17.8 Å². The molecule has 0 unspecified atom stereocenters. The molecule has 1 aromatic heterocycles. The first-order chi connectivity index (χ1) is 10.5. The maximum atomic E-state index is 6.30. The summed E-state index contributed by atoms with van der Waals surface area (Å²) in [4.78, 5) is 1.28. The number of nitrogen functional groups attached to an aromatic ring is 1. The lowest BCUT2D eigenvalue weighted by molar-refractivity contribution is 0.224. The Labute approximate surface area is 133 Å². The first-order valence-corrected chi connectivity index (χ1v) is 7.28. The fourth-order valence-corrected chi connectivity index (χ4v) is 2.09. The molecule has 9 heteroatoms. The molecule has 2 aromatic rings. The van der Waals surface area contributed by atoms with E-state index >= 15 is 0 Å². The fraction of sp³-hybridized carbons (Fsp3) is 0.462. The highest BCUT2D eigenvalue weighted by molar-refractivity contribution is 6.32. The van der Waals surface area contributed by atoms with Crippen LogP contribution in [0.2, 0.25) is 5.02 Å². The van der Waals surface area contributed by atoms with Crippen LogP contribution in [0.4, 0.5) is 5.95 Å². The molecule has 2 rings (SSSR count). The van der Waals surface area contributed by atoms with Gasteiger partial charge in [0.1, 0.15) is 0 Å². The summed E-state index contributed by atoms with van der Waals surface area (Å²) in [6, 6.07) is 3.66. The molecule has 0 atom stereocenters. The molecule has 1 aromatic carbocycles. The molecule has 1 heterocycles. The predicted molar refractivity (Wildman–Crippen MR) is 83.7 cm³/mol. The molecule has 0 aliphatic rings. The van der Waals surface area contributed by atoms with Crippen molar-refractivity contribution >= 4 is 17.5 Å². The first-order valence-electron chi connectivity index (χ1n) is 6.90. The van der Waals surface area contributed by atoms with Gasteiger partial charge in [0.05, 0.1) is 24.3 Å². The topological polar surface area (TPSA) is 100 Å². The molecule has 0 bridgehead atoms. The minimum absolute atomic E-state index is 0.00158. The first kappa shape index (κ1) is 16.2. The normalized spacial score (nSPS) is 10.8. The summed E-state index contributed by atoms with van der Waals surface area (Å²) in [5, 5.41) is 11.2. The molecular formula is C13H19ClN6O2. The molecule has 0 amide bonds. The molecule has 0 aliphatic heterocycles. The Morgan fingerprint density at radius 1 is 1.41 bits per heavy atom. The van der Waals surface area contributed by atoms with Gasteiger partial charge in [0.25, 0.3) is 5.95 Å². The standard InChI is InChI=1S/C13H19ClN6O2/c1-4-21-11-6-9(5-10(14)12(11)22-8(2)3)7-16-20-13(15)17-18-19-20/h5-6,8,16H,4,7H2,1-3H3,(H2,15,17,19). The van der Waals surface area contributed by atoms with Crippen LogP contribution in [0.3, 0.4) is 0 Å². The highest BCUT2D eigenvalue weighted by Crippen LogP contribution is 2.37. The smallest absolute Gasteiger partial charge is 0.260 e. The minimum Gasteiger partial charge on any atom is -0.490 e. The third-order valence-electron chi connectivity index (χ3n) is 2.65. The number of nitrogens with zero attached hydrogens (tertiary/aromatic N) is 4. The highest BCUT2D eigenvalue weighted by Gasteiger charge is 2.14. The van der Waals surface area contributed by atoms with E-state index in [-0.39, 0.29) is 12.1 Å². The lowest BCUT2D eigenvalue weighted by atomic mass is 10.2. The summed E-state index contributed by atoms with van der Waals surface area (Å²) in [6.07, 6.45) is 0.00158. The van der Waals surface area contributed by atoms with Crippen LogP contribution in [-0.4, -0.2) is 33.0 Å². The Kier molecular flexibility index (Phi) is 5.26. The second-order valence-electron chi connectivity index (χ2n) is 4.79. The van der Waals surface area contributed by atoms with Crippen LogP contribution < -0.4 is 20.6 Å². The Hall–Kier alpha value is -2.22. The molecule has 0 radical (unpaired) electrons. The van der Waals surface area contributed by atoms with E-state index in [1.807, 2.05) is 26.8 Å². The van der Waals surface area contributed by atoms with E-state index < -0.39 is 0 Å². The average Bonchev–Trinajstić information content (AvgIpc) is 2.86. The Balaban J connectivity index is 2.20. The maximum Gasteiger partial charge on any atom is 0.260 e. The van der Waals surface area contributed by atoms with E-state index in [0.29, 0.717) is 29.7 Å². The van der Waals surface area contributed by atoms with Gasteiger partial charge in [-0.2, -0.15) is 0 Å². The summed E-state index contributed by atoms with van der Waals surface area (Å²) < 4.78 is 11.3. The van der Waals surface area contributed by atoms with Crippen molar-refractivity contribution in [3.8, 4) is 11.5 Å². The van der Waals surface area contributed by atoms with Crippen LogP contribution in [0.5, 0.6) is 11.5 Å². The van der Waals surface area contributed by atoms with Gasteiger partial charge >= 0.3 is 0 Å². The molecular weight excluding hydrogens is 308 g/mol. The van der Waals surface area contributed by atoms with Gasteiger partial charge in [-0.05, 0) is 48.9 Å². The largest absolute Gasteiger partial charge is 0.490 e. The third-order valence-corrected chi connectivity index (χ3v) is 2.93. The number of hydrogen-bond acceptors (Lipinski definition) is 7. The van der Waals surface area contributed by atoms with Crippen LogP contribution in [0.1, 0.15) is 26.3 Å². The monoisotopic (exact) mass is 326 g/mol. The van der Waals surface area contributed by atoms with Crippen molar-refractivity contribution in [1.82, 2.24) is 20.3 Å². The summed E-state index contributed by atoms with van der Waals surface area (Å²) in [5.41, 5.74) is 9.44. The van der Waals surface area contributed by atoms with E-state index in [4.69, 9.17) is 26.8 Å². The van der Waals surface area contributed by atoms with Gasteiger partial charge in [-0.3, -0.25) is 0 Å². The van der Waals surface area contributed by atoms with Crippen LogP contribution in [0.15, 0.2) is 12.1 Å². The minimum atomic E-state index is 0.00158. The van der Waals surface area contributed by atoms with E-state index in [9.17, 15) is 0 Å². The molecule has 3 N–H and O–H groups in total. The number of halogens is 1. The van der Waals surface area contributed by atoms with Gasteiger partial charge in [-0.1, -0.05) is 16.7 Å². The summed E-state index contributed by atoms with van der Waals surface area (Å²) >= 11 is 6.30. The number of tetrazole rings is 1. The second kappa shape index (κ2) is 7.17. The van der Waals surface area contributed by atoms with Crippen molar-refractivity contribution in [2.24, 2.45) is 0 Å². The van der Waals surface area contributed by atoms with Crippen molar-refractivity contribution in [1.29, 1.82) is 0 Å². The summed E-state index contributed by atoms with van der Waals surface area (Å²) in [5.74, 6) is 1.32. The van der Waals surface area contributed by atoms with E-state index in [2.05, 4.69) is 21.0 Å². The number of hydrogen-bond donors (Lipinski definition) is 2. The molecule has 120 valence electrons. The van der Waals surface area contributed by atoms with Crippen LogP contribution in [-0.2, 0) is 6.54 Å². The number of ether oxygens (including phenoxy) is 2. The van der Waals surface area contributed by atoms with Gasteiger partial charge in [0.2, 0.25) is 0 Å². The number of benzene rings is 1. The molecule has 0 aliphatic carbocycles. The zero-order chi connectivity index (χ0) is 16.1. The zero-order valence-corrected chi connectivity index (χ0v) is 13.5. The van der Waals surface area contributed by atoms with Crippen molar-refractivity contribution in [2.45, 2.75) is 33.4 Å². The average molecular weight is 327 g/mol. The van der Waals surface area contributed by atoms with Gasteiger partial charge in [-0.15, -0.1) is 4.79 Å². The molecule has 0 fully saturated rings. The van der Waals surface area contributed by atoms with Crippen LogP contribution in [0, 0.1) is 0 Å². The van der Waals surface area contributed by atoms with Gasteiger partial charge in [-0.25, -0.2) is 0 Å². The van der Waals surface area contributed by atoms with Crippen molar-refractivity contribution in [3.63, 3.8) is 0 Å². The van der Waals surface area contributed by atoms with Gasteiger partial charge in [0.15, 0.2) is 11.5 Å². The predicted octanol–water partition coefficient (Wildman–Crippen LogP) is 1.84. The SMILES string of the molecule is CCOc1cc(CNn2nnnc2N)cc(Cl)c1OC(C)C. The number of rotatable bonds is 7. The number of anilines is 1. The molecule has 0 spiro atoms. The molecule has 0 saturated heterocycles. The van der Waals surface area contributed by atoms with Crippen molar-refractivity contribution in [3.05, 3.63) is 22.7 Å². The summed E-state index contributed by atoms with van der Waals surface area (Å²) in [6.45, 7) is 6.71. The molecule has 0 saturated carbocycles. The van der Waals surface area contributed by atoms with E-state index in [1.54, 1.807) is 6.07 Å². The highest BCUT2D eigenvalue weighted by atomic mass is 35.5. The van der Waals surface area contributed by atoms with Crippen LogP contribution in [0.25, 0.3) is 0 Å². The lowest BCUT2D eigenvalue weighted by Crippen LogP contribution is -2.18. The quantitative estimate of drug-likeness (QED) is 0.800. The van der Waals surface area contributed by atoms with Crippen LogP contribution >= 0.6 is 11.6 Å². The Morgan fingerprint density at radius 2 is 2.18 bits per heavy atom. The van der Waals surface area contributed by atoms with Gasteiger partial charge < -0.3 is 20.6 Å². The fourth-order valence-electron chi connectivity index (χ4n) is 1.81. The Bertz CT molecular complexity index is 631. The second-order valence-corrected chi connectivity index (χ2v) is 5.20. The third kappa shape index (κ3) is 3.91. The van der Waals surface area contributed by atoms with E-state index in [1.165, 1.54) is 4.79 Å². The number of nitrogens with two attached hydrogens (primary N) is 1. The summed E-state index contributed by atoms with van der Waals surface area (Å²) in [7, 11) is 0. The molecule has 22 heavy (non-hydrogen) atoms. The number of aromatic nitrogens is 4. The van der Waals surface area contributed by atoms with E-state index in [0.717, 1.165) is 5.56 Å². The van der Waals surface area contributed by atoms with Crippen molar-refractivity contribution < 1.29 is 9.47 Å². The maximum absolute atomic E-state index is 6.30. The van der Waals surface area contributed by atoms with Gasteiger partial charge in [0, 0.05) is 0 Å².